The summed E-state index contributed by atoms with van der Waals surface area (Å²) in [5.74, 6) is 0. The second-order valence-corrected chi connectivity index (χ2v) is 6.90. The summed E-state index contributed by atoms with van der Waals surface area (Å²) < 4.78 is 24.5. The van der Waals surface area contributed by atoms with Crippen LogP contribution in [0.4, 0.5) is 0 Å². The summed E-state index contributed by atoms with van der Waals surface area (Å²) in [6.07, 6.45) is 1.44. The highest BCUT2D eigenvalue weighted by Crippen LogP contribution is 2.33. The van der Waals surface area contributed by atoms with Gasteiger partial charge in [-0.2, -0.15) is 0 Å². The highest BCUT2D eigenvalue weighted by Gasteiger charge is 2.32. The standard InChI is InChI=1S/C13H20N2O3S/c1-15(8-7-14-19(2,17)18)12-9-10-5-3-4-6-11(10)13(12)16/h3-6,12-14,16H,7-9H2,1-2H3. The van der Waals surface area contributed by atoms with Crippen LogP contribution in [0.1, 0.15) is 17.2 Å². The SMILES string of the molecule is CN(CCNS(C)(=O)=O)C1Cc2ccccc2C1O. The molecule has 0 spiro atoms. The number of aliphatic hydroxyl groups excluding tert-OH is 1. The monoisotopic (exact) mass is 284 g/mol. The molecule has 0 bridgehead atoms. The van der Waals surface area contributed by atoms with E-state index in [1.165, 1.54) is 5.56 Å². The third-order valence-corrected chi connectivity index (χ3v) is 4.29. The Labute approximate surface area is 114 Å². The van der Waals surface area contributed by atoms with Gasteiger partial charge in [0.1, 0.15) is 0 Å². The number of hydrogen-bond acceptors (Lipinski definition) is 4. The topological polar surface area (TPSA) is 69.6 Å². The molecule has 0 heterocycles. The maximum atomic E-state index is 11.0. The van der Waals surface area contributed by atoms with Crippen LogP contribution in [0, 0.1) is 0 Å². The molecule has 19 heavy (non-hydrogen) atoms. The van der Waals surface area contributed by atoms with E-state index in [9.17, 15) is 13.5 Å². The van der Waals surface area contributed by atoms with Gasteiger partial charge in [0, 0.05) is 19.1 Å². The molecule has 2 atom stereocenters. The van der Waals surface area contributed by atoms with E-state index in [0.717, 1.165) is 18.2 Å². The molecule has 0 amide bonds. The van der Waals surface area contributed by atoms with E-state index < -0.39 is 16.1 Å². The van der Waals surface area contributed by atoms with Crippen LogP contribution in [0.15, 0.2) is 24.3 Å². The van der Waals surface area contributed by atoms with Crippen molar-refractivity contribution in [2.45, 2.75) is 18.6 Å². The molecule has 0 fully saturated rings. The quantitative estimate of drug-likeness (QED) is 0.806. The van der Waals surface area contributed by atoms with E-state index in [1.807, 2.05) is 36.2 Å². The Morgan fingerprint density at radius 1 is 1.42 bits per heavy atom. The van der Waals surface area contributed by atoms with Gasteiger partial charge in [-0.15, -0.1) is 0 Å². The number of fused-ring (bicyclic) bond motifs is 1. The zero-order chi connectivity index (χ0) is 14.0. The number of hydrogen-bond donors (Lipinski definition) is 2. The Morgan fingerprint density at radius 3 is 2.74 bits per heavy atom. The van der Waals surface area contributed by atoms with E-state index in [2.05, 4.69) is 4.72 Å². The van der Waals surface area contributed by atoms with Crippen LogP contribution < -0.4 is 4.72 Å². The summed E-state index contributed by atoms with van der Waals surface area (Å²) in [4.78, 5) is 2.00. The van der Waals surface area contributed by atoms with Crippen molar-refractivity contribution in [1.82, 2.24) is 9.62 Å². The van der Waals surface area contributed by atoms with Gasteiger partial charge in [-0.3, -0.25) is 4.90 Å². The fourth-order valence-corrected chi connectivity index (χ4v) is 2.99. The largest absolute Gasteiger partial charge is 0.387 e. The molecule has 5 nitrogen and oxygen atoms in total. The van der Waals surface area contributed by atoms with Gasteiger partial charge >= 0.3 is 0 Å². The van der Waals surface area contributed by atoms with E-state index in [1.54, 1.807) is 0 Å². The van der Waals surface area contributed by atoms with Crippen molar-refractivity contribution >= 4 is 10.0 Å². The average Bonchev–Trinajstić information content (AvgIpc) is 2.66. The van der Waals surface area contributed by atoms with Gasteiger partial charge in [-0.25, -0.2) is 13.1 Å². The van der Waals surface area contributed by atoms with Gasteiger partial charge in [-0.1, -0.05) is 24.3 Å². The van der Waals surface area contributed by atoms with Crippen molar-refractivity contribution < 1.29 is 13.5 Å². The molecule has 2 N–H and O–H groups in total. The minimum Gasteiger partial charge on any atom is -0.387 e. The molecular formula is C13H20N2O3S. The second-order valence-electron chi connectivity index (χ2n) is 5.06. The Balaban J connectivity index is 1.94. The molecule has 2 unspecified atom stereocenters. The Morgan fingerprint density at radius 2 is 2.11 bits per heavy atom. The van der Waals surface area contributed by atoms with Crippen LogP contribution in [0.5, 0.6) is 0 Å². The van der Waals surface area contributed by atoms with Gasteiger partial charge in [-0.05, 0) is 24.6 Å². The molecule has 0 saturated heterocycles. The Hall–Kier alpha value is -0.950. The maximum Gasteiger partial charge on any atom is 0.208 e. The lowest BCUT2D eigenvalue weighted by Gasteiger charge is -2.27. The van der Waals surface area contributed by atoms with Crippen LogP contribution in [0.2, 0.25) is 0 Å². The van der Waals surface area contributed by atoms with Gasteiger partial charge in [0.15, 0.2) is 0 Å². The van der Waals surface area contributed by atoms with Crippen LogP contribution in [-0.4, -0.2) is 50.9 Å². The van der Waals surface area contributed by atoms with Gasteiger partial charge in [0.2, 0.25) is 10.0 Å². The third-order valence-electron chi connectivity index (χ3n) is 3.56. The predicted octanol–water partition coefficient (Wildman–Crippen LogP) is 0.126. The third kappa shape index (κ3) is 3.54. The number of nitrogens with zero attached hydrogens (tertiary/aromatic N) is 1. The number of aliphatic hydroxyl groups is 1. The molecule has 0 saturated carbocycles. The van der Waals surface area contributed by atoms with Crippen LogP contribution in [-0.2, 0) is 16.4 Å². The highest BCUT2D eigenvalue weighted by atomic mass is 32.2. The number of benzene rings is 1. The van der Waals surface area contributed by atoms with Crippen LogP contribution >= 0.6 is 0 Å². The first kappa shape index (κ1) is 14.5. The summed E-state index contributed by atoms with van der Waals surface area (Å²) in [5.41, 5.74) is 2.15. The zero-order valence-electron chi connectivity index (χ0n) is 11.2. The van der Waals surface area contributed by atoms with E-state index in [-0.39, 0.29) is 6.04 Å². The summed E-state index contributed by atoms with van der Waals surface area (Å²) in [6, 6.07) is 7.89. The summed E-state index contributed by atoms with van der Waals surface area (Å²) >= 11 is 0. The van der Waals surface area contributed by atoms with Crippen molar-refractivity contribution in [2.75, 3.05) is 26.4 Å². The minimum atomic E-state index is -3.15. The molecule has 1 aromatic rings. The first-order valence-corrected chi connectivity index (χ1v) is 8.18. The van der Waals surface area contributed by atoms with Gasteiger partial charge < -0.3 is 5.11 Å². The van der Waals surface area contributed by atoms with Gasteiger partial charge in [0.25, 0.3) is 0 Å². The molecule has 106 valence electrons. The Bertz CT molecular complexity index is 545. The molecule has 0 aliphatic heterocycles. The van der Waals surface area contributed by atoms with E-state index in [4.69, 9.17) is 0 Å². The van der Waals surface area contributed by atoms with Crippen molar-refractivity contribution in [2.24, 2.45) is 0 Å². The normalized spacial score (nSPS) is 22.7. The lowest BCUT2D eigenvalue weighted by molar-refractivity contribution is 0.0773. The number of rotatable bonds is 5. The number of nitrogens with one attached hydrogen (secondary N) is 1. The highest BCUT2D eigenvalue weighted by molar-refractivity contribution is 7.88. The predicted molar refractivity (Wildman–Crippen MR) is 74.4 cm³/mol. The molecule has 1 aliphatic rings. The zero-order valence-corrected chi connectivity index (χ0v) is 12.0. The number of sulfonamides is 1. The first-order chi connectivity index (χ1) is 8.88. The van der Waals surface area contributed by atoms with E-state index >= 15 is 0 Å². The lowest BCUT2D eigenvalue weighted by Crippen LogP contribution is -2.40. The van der Waals surface area contributed by atoms with E-state index in [0.29, 0.717) is 13.1 Å². The van der Waals surface area contributed by atoms with Crippen molar-refractivity contribution in [3.63, 3.8) is 0 Å². The second kappa shape index (κ2) is 5.58. The number of likely N-dealkylation sites (N-methyl/N-ethyl adjacent to an activating group) is 1. The molecule has 0 radical (unpaired) electrons. The fourth-order valence-electron chi connectivity index (χ4n) is 2.52. The molecular weight excluding hydrogens is 264 g/mol. The smallest absolute Gasteiger partial charge is 0.208 e. The average molecular weight is 284 g/mol. The minimum absolute atomic E-state index is 0.0127. The van der Waals surface area contributed by atoms with Crippen molar-refractivity contribution in [1.29, 1.82) is 0 Å². The summed E-state index contributed by atoms with van der Waals surface area (Å²) in [7, 11) is -1.24. The lowest BCUT2D eigenvalue weighted by atomic mass is 10.1. The molecule has 1 aliphatic carbocycles. The van der Waals surface area contributed by atoms with Crippen molar-refractivity contribution in [3.8, 4) is 0 Å². The first-order valence-electron chi connectivity index (χ1n) is 6.29. The van der Waals surface area contributed by atoms with Crippen molar-refractivity contribution in [3.05, 3.63) is 35.4 Å². The fraction of sp³-hybridized carbons (Fsp3) is 0.538. The van der Waals surface area contributed by atoms with Gasteiger partial charge in [0.05, 0.1) is 12.4 Å². The Kier molecular flexibility index (Phi) is 4.25. The summed E-state index contributed by atoms with van der Waals surface area (Å²) in [6.45, 7) is 0.928. The summed E-state index contributed by atoms with van der Waals surface area (Å²) in [5, 5.41) is 10.3. The van der Waals surface area contributed by atoms with Crippen LogP contribution in [0.25, 0.3) is 0 Å². The maximum absolute atomic E-state index is 11.0. The molecule has 2 rings (SSSR count). The van der Waals surface area contributed by atoms with Crippen LogP contribution in [0.3, 0.4) is 0 Å². The molecule has 6 heteroatoms. The molecule has 1 aromatic carbocycles. The molecule has 0 aromatic heterocycles.